The number of benzene rings is 2. The quantitative estimate of drug-likeness (QED) is 0.750. The Morgan fingerprint density at radius 3 is 2.71 bits per heavy atom. The molecule has 21 heavy (non-hydrogen) atoms. The van der Waals surface area contributed by atoms with Crippen molar-refractivity contribution in [1.29, 1.82) is 0 Å². The molecular formula is C16H14N2O3. The van der Waals surface area contributed by atoms with Crippen molar-refractivity contribution < 1.29 is 14.6 Å². The number of fused-ring (bicyclic) bond motifs is 1. The molecule has 0 bridgehead atoms. The van der Waals surface area contributed by atoms with E-state index in [-0.39, 0.29) is 11.6 Å². The van der Waals surface area contributed by atoms with Crippen LogP contribution in [0.25, 0.3) is 10.9 Å². The van der Waals surface area contributed by atoms with Gasteiger partial charge in [-0.1, -0.05) is 30.3 Å². The van der Waals surface area contributed by atoms with Gasteiger partial charge < -0.3 is 9.84 Å². The number of rotatable bonds is 3. The Bertz CT molecular complexity index is 794. The van der Waals surface area contributed by atoms with Gasteiger partial charge in [-0.2, -0.15) is 0 Å². The zero-order valence-electron chi connectivity index (χ0n) is 11.5. The smallest absolute Gasteiger partial charge is 0.309 e. The lowest BCUT2D eigenvalue weighted by molar-refractivity contribution is -0.132. The lowest BCUT2D eigenvalue weighted by Crippen LogP contribution is -2.04. The molecule has 0 aliphatic heterocycles. The van der Waals surface area contributed by atoms with Crippen molar-refractivity contribution >= 4 is 16.9 Å². The van der Waals surface area contributed by atoms with Crippen LogP contribution in [0.5, 0.6) is 11.6 Å². The highest BCUT2D eigenvalue weighted by atomic mass is 16.5. The summed E-state index contributed by atoms with van der Waals surface area (Å²) in [5.74, 6) is -0.121. The van der Waals surface area contributed by atoms with Crippen molar-refractivity contribution in [3.05, 3.63) is 54.1 Å². The maximum Gasteiger partial charge on any atom is 0.309 e. The zero-order chi connectivity index (χ0) is 14.8. The Morgan fingerprint density at radius 2 is 2.00 bits per heavy atom. The van der Waals surface area contributed by atoms with Crippen molar-refractivity contribution in [3.63, 3.8) is 0 Å². The van der Waals surface area contributed by atoms with Crippen LogP contribution in [0.2, 0.25) is 0 Å². The fraction of sp³-hybridized carbons (Fsp3) is 0.125. The molecule has 3 rings (SSSR count). The molecule has 0 aliphatic carbocycles. The summed E-state index contributed by atoms with van der Waals surface area (Å²) in [6.45, 7) is 1.88. The zero-order valence-corrected chi connectivity index (χ0v) is 11.5. The van der Waals surface area contributed by atoms with Crippen LogP contribution in [0.1, 0.15) is 12.5 Å². The van der Waals surface area contributed by atoms with E-state index in [1.54, 1.807) is 22.9 Å². The molecule has 0 amide bonds. The topological polar surface area (TPSA) is 64.3 Å². The summed E-state index contributed by atoms with van der Waals surface area (Å²) in [5, 5.41) is 14.6. The molecule has 0 atom stereocenters. The van der Waals surface area contributed by atoms with Crippen LogP contribution in [0.15, 0.2) is 48.5 Å². The fourth-order valence-electron chi connectivity index (χ4n) is 2.23. The summed E-state index contributed by atoms with van der Waals surface area (Å²) in [4.78, 5) is 11.2. The lowest BCUT2D eigenvalue weighted by Gasteiger charge is -2.03. The van der Waals surface area contributed by atoms with Gasteiger partial charge in [0.2, 0.25) is 5.88 Å². The standard InChI is InChI=1S/C16H14N2O3/c1-11(19)21-16-14-9-13(20)7-8-15(14)18(17-16)10-12-5-3-2-4-6-12/h2-9,20H,10H2,1H3. The van der Waals surface area contributed by atoms with Gasteiger partial charge in [0.05, 0.1) is 17.4 Å². The largest absolute Gasteiger partial charge is 0.508 e. The van der Waals surface area contributed by atoms with Crippen LogP contribution in [-0.2, 0) is 11.3 Å². The minimum atomic E-state index is -0.440. The summed E-state index contributed by atoms with van der Waals surface area (Å²) in [6.07, 6.45) is 0. The molecule has 0 fully saturated rings. The Morgan fingerprint density at radius 1 is 1.24 bits per heavy atom. The third kappa shape index (κ3) is 2.72. The van der Waals surface area contributed by atoms with Crippen LogP contribution in [-0.4, -0.2) is 20.9 Å². The molecular weight excluding hydrogens is 268 g/mol. The Hall–Kier alpha value is -2.82. The van der Waals surface area contributed by atoms with Gasteiger partial charge in [-0.05, 0) is 23.8 Å². The van der Waals surface area contributed by atoms with Gasteiger partial charge in [0.15, 0.2) is 0 Å². The van der Waals surface area contributed by atoms with E-state index < -0.39 is 5.97 Å². The van der Waals surface area contributed by atoms with Crippen molar-refractivity contribution in [3.8, 4) is 11.6 Å². The van der Waals surface area contributed by atoms with Gasteiger partial charge in [-0.15, -0.1) is 5.10 Å². The molecule has 5 nitrogen and oxygen atoms in total. The number of phenols is 1. The molecule has 1 heterocycles. The first-order chi connectivity index (χ1) is 10.1. The van der Waals surface area contributed by atoms with Crippen LogP contribution in [0.4, 0.5) is 0 Å². The van der Waals surface area contributed by atoms with E-state index in [1.807, 2.05) is 30.3 Å². The van der Waals surface area contributed by atoms with E-state index in [0.29, 0.717) is 11.9 Å². The Kier molecular flexibility index (Phi) is 3.31. The van der Waals surface area contributed by atoms with Crippen LogP contribution < -0.4 is 4.74 Å². The molecule has 3 aromatic rings. The molecule has 0 radical (unpaired) electrons. The number of carbonyl (C=O) groups excluding carboxylic acids is 1. The number of hydrogen-bond donors (Lipinski definition) is 1. The molecule has 1 N–H and O–H groups in total. The first-order valence-corrected chi connectivity index (χ1v) is 6.55. The van der Waals surface area contributed by atoms with Gasteiger partial charge >= 0.3 is 5.97 Å². The predicted molar refractivity (Wildman–Crippen MR) is 78.3 cm³/mol. The van der Waals surface area contributed by atoms with Crippen LogP contribution >= 0.6 is 0 Å². The molecule has 0 unspecified atom stereocenters. The SMILES string of the molecule is CC(=O)Oc1nn(Cc2ccccc2)c2ccc(O)cc12. The van der Waals surface area contributed by atoms with E-state index in [4.69, 9.17) is 4.74 Å². The lowest BCUT2D eigenvalue weighted by atomic mass is 10.2. The number of esters is 1. The molecule has 5 heteroatoms. The molecule has 0 aliphatic rings. The van der Waals surface area contributed by atoms with Gasteiger partial charge in [0.1, 0.15) is 5.75 Å². The predicted octanol–water partition coefficient (Wildman–Crippen LogP) is 2.72. The van der Waals surface area contributed by atoms with Crippen LogP contribution in [0, 0.1) is 0 Å². The van der Waals surface area contributed by atoms with Crippen molar-refractivity contribution in [1.82, 2.24) is 9.78 Å². The second kappa shape index (κ2) is 5.28. The number of hydrogen-bond acceptors (Lipinski definition) is 4. The highest BCUT2D eigenvalue weighted by molar-refractivity contribution is 5.88. The first kappa shape index (κ1) is 13.2. The molecule has 0 saturated carbocycles. The Labute approximate surface area is 121 Å². The van der Waals surface area contributed by atoms with E-state index in [9.17, 15) is 9.90 Å². The van der Waals surface area contributed by atoms with Crippen molar-refractivity contribution in [2.24, 2.45) is 0 Å². The van der Waals surface area contributed by atoms with Crippen LogP contribution in [0.3, 0.4) is 0 Å². The summed E-state index contributed by atoms with van der Waals surface area (Å²) in [7, 11) is 0. The minimum absolute atomic E-state index is 0.107. The molecule has 0 saturated heterocycles. The van der Waals surface area contributed by atoms with Gasteiger partial charge in [0.25, 0.3) is 0 Å². The number of ether oxygens (including phenoxy) is 1. The summed E-state index contributed by atoms with van der Waals surface area (Å²) in [6, 6.07) is 14.8. The van der Waals surface area contributed by atoms with E-state index in [2.05, 4.69) is 5.10 Å². The number of aromatic nitrogens is 2. The van der Waals surface area contributed by atoms with Crippen molar-refractivity contribution in [2.45, 2.75) is 13.5 Å². The monoisotopic (exact) mass is 282 g/mol. The number of carbonyl (C=O) groups is 1. The maximum absolute atomic E-state index is 11.2. The highest BCUT2D eigenvalue weighted by Gasteiger charge is 2.14. The second-order valence-corrected chi connectivity index (χ2v) is 4.74. The van der Waals surface area contributed by atoms with Gasteiger partial charge in [-0.3, -0.25) is 9.48 Å². The summed E-state index contributed by atoms with van der Waals surface area (Å²) < 4.78 is 6.87. The third-order valence-electron chi connectivity index (χ3n) is 3.12. The first-order valence-electron chi connectivity index (χ1n) is 6.55. The molecule has 106 valence electrons. The van der Waals surface area contributed by atoms with E-state index in [0.717, 1.165) is 11.1 Å². The normalized spacial score (nSPS) is 10.7. The Balaban J connectivity index is 2.08. The average molecular weight is 282 g/mol. The summed E-state index contributed by atoms with van der Waals surface area (Å²) >= 11 is 0. The molecule has 0 spiro atoms. The van der Waals surface area contributed by atoms with E-state index >= 15 is 0 Å². The maximum atomic E-state index is 11.2. The number of phenolic OH excluding ortho intramolecular Hbond substituents is 1. The minimum Gasteiger partial charge on any atom is -0.508 e. The number of aromatic hydroxyl groups is 1. The van der Waals surface area contributed by atoms with Gasteiger partial charge in [-0.25, -0.2) is 0 Å². The van der Waals surface area contributed by atoms with Crippen molar-refractivity contribution in [2.75, 3.05) is 0 Å². The second-order valence-electron chi connectivity index (χ2n) is 4.74. The molecule has 2 aromatic carbocycles. The third-order valence-corrected chi connectivity index (χ3v) is 3.12. The van der Waals surface area contributed by atoms with Gasteiger partial charge in [0, 0.05) is 6.92 Å². The van der Waals surface area contributed by atoms with E-state index in [1.165, 1.54) is 6.92 Å². The highest BCUT2D eigenvalue weighted by Crippen LogP contribution is 2.29. The fourth-order valence-corrected chi connectivity index (χ4v) is 2.23. The number of nitrogens with zero attached hydrogens (tertiary/aromatic N) is 2. The molecule has 1 aromatic heterocycles. The average Bonchev–Trinajstić information content (AvgIpc) is 2.77. The summed E-state index contributed by atoms with van der Waals surface area (Å²) in [5.41, 5.74) is 1.89.